The van der Waals surface area contributed by atoms with E-state index in [1.54, 1.807) is 0 Å². The smallest absolute Gasteiger partial charge is 0.127 e. The van der Waals surface area contributed by atoms with E-state index in [1.165, 1.54) is 11.1 Å². The molecule has 2 aromatic rings. The molecule has 0 aromatic heterocycles. The molecule has 0 fully saturated rings. The summed E-state index contributed by atoms with van der Waals surface area (Å²) in [6.45, 7) is 6.11. The predicted octanol–water partition coefficient (Wildman–Crippen LogP) is 4.12. The molecule has 0 saturated heterocycles. The van der Waals surface area contributed by atoms with E-state index < -0.39 is 0 Å². The van der Waals surface area contributed by atoms with Crippen molar-refractivity contribution in [2.75, 3.05) is 0 Å². The first-order valence-electron chi connectivity index (χ1n) is 6.16. The molecule has 2 N–H and O–H groups in total. The van der Waals surface area contributed by atoms with Gasteiger partial charge >= 0.3 is 0 Å². The molecule has 0 heterocycles. The van der Waals surface area contributed by atoms with Crippen LogP contribution in [0.2, 0.25) is 0 Å². The quantitative estimate of drug-likeness (QED) is 0.877. The molecule has 0 aliphatic rings. The molecule has 2 nitrogen and oxygen atoms in total. The van der Waals surface area contributed by atoms with E-state index in [2.05, 4.69) is 19.9 Å². The first kappa shape index (κ1) is 12.7. The zero-order chi connectivity index (χ0) is 13.1. The van der Waals surface area contributed by atoms with E-state index in [0.29, 0.717) is 0 Å². The van der Waals surface area contributed by atoms with Crippen molar-refractivity contribution in [3.63, 3.8) is 0 Å². The number of nitrogens with two attached hydrogens (primary N) is 1. The van der Waals surface area contributed by atoms with Crippen molar-refractivity contribution in [3.8, 4) is 11.5 Å². The molecule has 2 rings (SSSR count). The van der Waals surface area contributed by atoms with Gasteiger partial charge in [0.05, 0.1) is 0 Å². The summed E-state index contributed by atoms with van der Waals surface area (Å²) in [5, 5.41) is 0. The summed E-state index contributed by atoms with van der Waals surface area (Å²) in [5.74, 6) is 1.71. The zero-order valence-corrected chi connectivity index (χ0v) is 11.1. The van der Waals surface area contributed by atoms with Crippen molar-refractivity contribution < 1.29 is 4.74 Å². The fourth-order valence-corrected chi connectivity index (χ4v) is 1.97. The number of benzene rings is 2. The van der Waals surface area contributed by atoms with Crippen LogP contribution in [0.3, 0.4) is 0 Å². The van der Waals surface area contributed by atoms with Gasteiger partial charge in [0.25, 0.3) is 0 Å². The van der Waals surface area contributed by atoms with Crippen molar-refractivity contribution in [1.82, 2.24) is 0 Å². The van der Waals surface area contributed by atoms with Crippen molar-refractivity contribution in [1.29, 1.82) is 0 Å². The van der Waals surface area contributed by atoms with Crippen molar-refractivity contribution in [2.24, 2.45) is 5.73 Å². The van der Waals surface area contributed by atoms with Crippen molar-refractivity contribution in [2.45, 2.75) is 26.8 Å². The lowest BCUT2D eigenvalue weighted by Crippen LogP contribution is -2.04. The summed E-state index contributed by atoms with van der Waals surface area (Å²) < 4.78 is 5.83. The summed E-state index contributed by atoms with van der Waals surface area (Å²) in [6.07, 6.45) is 0. The summed E-state index contributed by atoms with van der Waals surface area (Å²) >= 11 is 0. The highest BCUT2D eigenvalue weighted by Crippen LogP contribution is 2.24. The standard InChI is InChI=1S/C16H19NO/c1-11-8-12(2)10-16(9-11)18-15-6-4-14(5-7-15)13(3)17/h4-10,13H,17H2,1-3H3/t13-/m1/s1. The molecule has 0 spiro atoms. The van der Waals surface area contributed by atoms with Crippen LogP contribution in [0.5, 0.6) is 11.5 Å². The van der Waals surface area contributed by atoms with Crippen LogP contribution in [-0.4, -0.2) is 0 Å². The molecule has 2 aromatic carbocycles. The average molecular weight is 241 g/mol. The minimum atomic E-state index is 0.0558. The van der Waals surface area contributed by atoms with Crippen LogP contribution < -0.4 is 10.5 Å². The second-order valence-corrected chi connectivity index (χ2v) is 4.78. The van der Waals surface area contributed by atoms with Gasteiger partial charge < -0.3 is 10.5 Å². The Balaban J connectivity index is 2.18. The first-order chi connectivity index (χ1) is 8.54. The summed E-state index contributed by atoms with van der Waals surface area (Å²) in [6, 6.07) is 14.2. The van der Waals surface area contributed by atoms with Crippen LogP contribution in [0, 0.1) is 13.8 Å². The molecule has 0 aliphatic carbocycles. The molecule has 0 radical (unpaired) electrons. The van der Waals surface area contributed by atoms with Gasteiger partial charge in [0.2, 0.25) is 0 Å². The summed E-state index contributed by atoms with van der Waals surface area (Å²) in [7, 11) is 0. The molecule has 0 unspecified atom stereocenters. The molecule has 0 bridgehead atoms. The largest absolute Gasteiger partial charge is 0.457 e. The van der Waals surface area contributed by atoms with E-state index in [4.69, 9.17) is 10.5 Å². The molecule has 0 saturated carbocycles. The molecule has 18 heavy (non-hydrogen) atoms. The summed E-state index contributed by atoms with van der Waals surface area (Å²) in [4.78, 5) is 0. The molecular weight excluding hydrogens is 222 g/mol. The number of aryl methyl sites for hydroxylation is 2. The number of ether oxygens (including phenoxy) is 1. The lowest BCUT2D eigenvalue weighted by atomic mass is 10.1. The second kappa shape index (κ2) is 5.23. The van der Waals surface area contributed by atoms with Gasteiger partial charge in [-0.1, -0.05) is 18.2 Å². The molecule has 0 amide bonds. The number of rotatable bonds is 3. The predicted molar refractivity (Wildman–Crippen MR) is 75.0 cm³/mol. The van der Waals surface area contributed by atoms with Crippen LogP contribution in [0.15, 0.2) is 42.5 Å². The second-order valence-electron chi connectivity index (χ2n) is 4.78. The van der Waals surface area contributed by atoms with Crippen molar-refractivity contribution >= 4 is 0 Å². The molecule has 2 heteroatoms. The highest BCUT2D eigenvalue weighted by molar-refractivity contribution is 5.38. The van der Waals surface area contributed by atoms with Gasteiger partial charge in [0.15, 0.2) is 0 Å². The number of hydrogen-bond acceptors (Lipinski definition) is 2. The van der Waals surface area contributed by atoms with Crippen LogP contribution in [0.25, 0.3) is 0 Å². The highest BCUT2D eigenvalue weighted by Gasteiger charge is 2.02. The van der Waals surface area contributed by atoms with Gasteiger partial charge in [-0.05, 0) is 61.7 Å². The molecule has 94 valence electrons. The maximum Gasteiger partial charge on any atom is 0.127 e. The van der Waals surface area contributed by atoms with Crippen LogP contribution in [0.4, 0.5) is 0 Å². The summed E-state index contributed by atoms with van der Waals surface area (Å²) in [5.41, 5.74) is 9.34. The normalized spacial score (nSPS) is 12.2. The minimum absolute atomic E-state index is 0.0558. The Hall–Kier alpha value is -1.80. The van der Waals surface area contributed by atoms with E-state index in [0.717, 1.165) is 17.1 Å². The van der Waals surface area contributed by atoms with Gasteiger partial charge in [-0.2, -0.15) is 0 Å². The Morgan fingerprint density at radius 1 is 0.889 bits per heavy atom. The third-order valence-corrected chi connectivity index (χ3v) is 2.84. The lowest BCUT2D eigenvalue weighted by molar-refractivity contribution is 0.481. The van der Waals surface area contributed by atoms with Crippen LogP contribution >= 0.6 is 0 Å². The lowest BCUT2D eigenvalue weighted by Gasteiger charge is -2.10. The van der Waals surface area contributed by atoms with E-state index >= 15 is 0 Å². The van der Waals surface area contributed by atoms with Crippen molar-refractivity contribution in [3.05, 3.63) is 59.2 Å². The zero-order valence-electron chi connectivity index (χ0n) is 11.1. The molecular formula is C16H19NO. The third-order valence-electron chi connectivity index (χ3n) is 2.84. The first-order valence-corrected chi connectivity index (χ1v) is 6.16. The Morgan fingerprint density at radius 3 is 1.94 bits per heavy atom. The van der Waals surface area contributed by atoms with Gasteiger partial charge in [0.1, 0.15) is 11.5 Å². The third kappa shape index (κ3) is 3.11. The van der Waals surface area contributed by atoms with Gasteiger partial charge in [-0.15, -0.1) is 0 Å². The Labute approximate surface area is 108 Å². The maximum atomic E-state index is 5.83. The SMILES string of the molecule is Cc1cc(C)cc(Oc2ccc([C@@H](C)N)cc2)c1. The Bertz CT molecular complexity index is 509. The van der Waals surface area contributed by atoms with Gasteiger partial charge in [-0.25, -0.2) is 0 Å². The van der Waals surface area contributed by atoms with E-state index in [1.807, 2.05) is 43.3 Å². The van der Waals surface area contributed by atoms with Gasteiger partial charge in [-0.3, -0.25) is 0 Å². The Kier molecular flexibility index (Phi) is 3.68. The minimum Gasteiger partial charge on any atom is -0.457 e. The highest BCUT2D eigenvalue weighted by atomic mass is 16.5. The molecule has 0 aliphatic heterocycles. The molecule has 1 atom stereocenters. The average Bonchev–Trinajstić information content (AvgIpc) is 2.28. The topological polar surface area (TPSA) is 35.2 Å². The van der Waals surface area contributed by atoms with Crippen LogP contribution in [-0.2, 0) is 0 Å². The Morgan fingerprint density at radius 2 is 1.44 bits per heavy atom. The van der Waals surface area contributed by atoms with Gasteiger partial charge in [0, 0.05) is 6.04 Å². The maximum absolute atomic E-state index is 5.83. The fourth-order valence-electron chi connectivity index (χ4n) is 1.97. The van der Waals surface area contributed by atoms with E-state index in [-0.39, 0.29) is 6.04 Å². The van der Waals surface area contributed by atoms with Crippen LogP contribution in [0.1, 0.15) is 29.7 Å². The number of hydrogen-bond donors (Lipinski definition) is 1. The fraction of sp³-hybridized carbons (Fsp3) is 0.250. The monoisotopic (exact) mass is 241 g/mol. The van der Waals surface area contributed by atoms with E-state index in [9.17, 15) is 0 Å².